The molecule has 14 rings (SSSR count). The Hall–Kier alpha value is -9.12. The number of hydrogen-bond acceptors (Lipinski definition) is 4. The van der Waals surface area contributed by atoms with Gasteiger partial charge in [-0.2, -0.15) is 0 Å². The van der Waals surface area contributed by atoms with Crippen LogP contribution in [-0.2, 0) is 0 Å². The highest BCUT2D eigenvalue weighted by Gasteiger charge is 2.24. The van der Waals surface area contributed by atoms with Crippen LogP contribution in [0.15, 0.2) is 239 Å². The quantitative estimate of drug-likeness (QED) is 0.142. The molecule has 0 aliphatic heterocycles. The summed E-state index contributed by atoms with van der Waals surface area (Å²) >= 11 is 0. The minimum absolute atomic E-state index is 0.902. The van der Waals surface area contributed by atoms with E-state index >= 15 is 0 Å². The van der Waals surface area contributed by atoms with Gasteiger partial charge in [0.25, 0.3) is 0 Å². The predicted molar refractivity (Wildman–Crippen MR) is 294 cm³/mol. The summed E-state index contributed by atoms with van der Waals surface area (Å²) in [6.07, 6.45) is 0. The lowest BCUT2D eigenvalue weighted by molar-refractivity contribution is 0.669. The lowest BCUT2D eigenvalue weighted by Crippen LogP contribution is -2.12. The zero-order valence-corrected chi connectivity index (χ0v) is 38.7. The Morgan fingerprint density at radius 2 is 0.671 bits per heavy atom. The molecule has 0 saturated heterocycles. The number of hydrogen-bond donors (Lipinski definition) is 0. The maximum Gasteiger partial charge on any atom is 0.143 e. The molecular weight excluding hydrogens is 853 g/mol. The van der Waals surface area contributed by atoms with Crippen molar-refractivity contribution < 1.29 is 8.83 Å². The highest BCUT2D eigenvalue weighted by molar-refractivity contribution is 6.28. The van der Waals surface area contributed by atoms with Crippen molar-refractivity contribution in [2.45, 2.75) is 13.8 Å². The Morgan fingerprint density at radius 3 is 1.11 bits per heavy atom. The summed E-state index contributed by atoms with van der Waals surface area (Å²) < 4.78 is 13.0. The summed E-state index contributed by atoms with van der Waals surface area (Å²) in [5, 5.41) is 11.8. The van der Waals surface area contributed by atoms with Crippen LogP contribution in [0, 0.1) is 13.8 Å². The molecule has 0 amide bonds. The van der Waals surface area contributed by atoms with Crippen molar-refractivity contribution in [1.82, 2.24) is 0 Å². The number of fused-ring (bicyclic) bond motifs is 6. The molecule has 330 valence electrons. The van der Waals surface area contributed by atoms with Gasteiger partial charge >= 0.3 is 0 Å². The van der Waals surface area contributed by atoms with Crippen molar-refractivity contribution in [2.24, 2.45) is 0 Å². The lowest BCUT2D eigenvalue weighted by Gasteiger charge is -2.30. The van der Waals surface area contributed by atoms with E-state index in [-0.39, 0.29) is 0 Å². The average Bonchev–Trinajstić information content (AvgIpc) is 3.99. The van der Waals surface area contributed by atoms with Crippen LogP contribution in [0.25, 0.3) is 98.4 Å². The summed E-state index contributed by atoms with van der Waals surface area (Å²) in [6.45, 7) is 4.40. The van der Waals surface area contributed by atoms with E-state index in [1.807, 2.05) is 24.3 Å². The van der Waals surface area contributed by atoms with E-state index < -0.39 is 0 Å². The zero-order chi connectivity index (χ0) is 46.5. The Balaban J connectivity index is 0.917. The molecule has 4 nitrogen and oxygen atoms in total. The molecule has 0 N–H and O–H groups in total. The van der Waals surface area contributed by atoms with Gasteiger partial charge in [0.15, 0.2) is 0 Å². The third kappa shape index (κ3) is 6.16. The number of para-hydroxylation sites is 6. The van der Waals surface area contributed by atoms with Crippen molar-refractivity contribution in [3.8, 4) is 22.3 Å². The van der Waals surface area contributed by atoms with Crippen molar-refractivity contribution in [2.75, 3.05) is 9.80 Å². The molecule has 0 radical (unpaired) electrons. The molecule has 0 aliphatic carbocycles. The smallest absolute Gasteiger partial charge is 0.143 e. The summed E-state index contributed by atoms with van der Waals surface area (Å²) in [7, 11) is 0. The van der Waals surface area contributed by atoms with Crippen molar-refractivity contribution >= 4 is 110 Å². The summed E-state index contributed by atoms with van der Waals surface area (Å²) in [4.78, 5) is 4.86. The molecule has 0 aliphatic rings. The van der Waals surface area contributed by atoms with E-state index in [0.29, 0.717) is 0 Å². The first-order chi connectivity index (χ1) is 34.6. The van der Waals surface area contributed by atoms with Gasteiger partial charge in [0.1, 0.15) is 22.3 Å². The molecule has 0 spiro atoms. The van der Waals surface area contributed by atoms with Gasteiger partial charge in [0.2, 0.25) is 0 Å². The molecule has 14 aromatic rings. The van der Waals surface area contributed by atoms with Gasteiger partial charge in [-0.1, -0.05) is 170 Å². The van der Waals surface area contributed by atoms with Gasteiger partial charge in [-0.3, -0.25) is 0 Å². The summed E-state index contributed by atoms with van der Waals surface area (Å²) in [6, 6.07) is 83.2. The van der Waals surface area contributed by atoms with E-state index in [4.69, 9.17) is 8.83 Å². The van der Waals surface area contributed by atoms with Crippen LogP contribution < -0.4 is 9.80 Å². The highest BCUT2D eigenvalue weighted by atomic mass is 16.3. The van der Waals surface area contributed by atoms with Crippen LogP contribution in [0.5, 0.6) is 0 Å². The van der Waals surface area contributed by atoms with Crippen LogP contribution in [0.1, 0.15) is 11.1 Å². The molecule has 0 unspecified atom stereocenters. The molecule has 2 aromatic heterocycles. The average molecular weight is 897 g/mol. The first kappa shape index (κ1) is 40.0. The molecule has 70 heavy (non-hydrogen) atoms. The van der Waals surface area contributed by atoms with Crippen LogP contribution in [0.4, 0.5) is 34.1 Å². The van der Waals surface area contributed by atoms with Crippen molar-refractivity contribution in [3.05, 3.63) is 242 Å². The second kappa shape index (κ2) is 15.7. The molecule has 4 heteroatoms. The third-order valence-corrected chi connectivity index (χ3v) is 14.5. The van der Waals surface area contributed by atoms with Gasteiger partial charge in [0, 0.05) is 66.2 Å². The fourth-order valence-electron chi connectivity index (χ4n) is 11.1. The number of benzene rings is 12. The number of nitrogens with zero attached hydrogens (tertiary/aromatic N) is 2. The summed E-state index contributed by atoms with van der Waals surface area (Å²) in [5.41, 5.74) is 17.1. The fraction of sp³-hybridized carbons (Fsp3) is 0.0303. The van der Waals surface area contributed by atoms with E-state index in [1.54, 1.807) is 0 Å². The Labute approximate surface area is 404 Å². The normalized spacial score (nSPS) is 11.9. The molecule has 12 aromatic carbocycles. The van der Waals surface area contributed by atoms with Gasteiger partial charge in [-0.15, -0.1) is 0 Å². The summed E-state index contributed by atoms with van der Waals surface area (Å²) in [5.74, 6) is 0. The van der Waals surface area contributed by atoms with E-state index in [9.17, 15) is 0 Å². The maximum absolute atomic E-state index is 6.48. The topological polar surface area (TPSA) is 32.8 Å². The SMILES string of the molecule is Cc1ccccc1N(c1ccc(-c2cccc3c2oc2ccccc23)cc1)c1ccc2ccc3c(N(c4ccc(-c5cccc6c5oc5ccccc56)cc4)c4ccccc4C)ccc4ccc1c2c43. The first-order valence-corrected chi connectivity index (χ1v) is 24.0. The van der Waals surface area contributed by atoms with Crippen LogP contribution in [0.2, 0.25) is 0 Å². The number of anilines is 6. The Kier molecular flexibility index (Phi) is 8.99. The van der Waals surface area contributed by atoms with Crippen LogP contribution >= 0.6 is 0 Å². The Bertz CT molecular complexity index is 4050. The maximum atomic E-state index is 6.48. The van der Waals surface area contributed by atoms with E-state index in [2.05, 4.69) is 230 Å². The van der Waals surface area contributed by atoms with Crippen molar-refractivity contribution in [3.63, 3.8) is 0 Å². The van der Waals surface area contributed by atoms with E-state index in [0.717, 1.165) is 100 Å². The molecule has 0 bridgehead atoms. The monoisotopic (exact) mass is 896 g/mol. The minimum Gasteiger partial charge on any atom is -0.455 e. The predicted octanol–water partition coefficient (Wildman–Crippen LogP) is 19.3. The second-order valence-electron chi connectivity index (χ2n) is 18.5. The highest BCUT2D eigenvalue weighted by Crippen LogP contribution is 2.49. The number of aryl methyl sites for hydroxylation is 2. The minimum atomic E-state index is 0.902. The number of furan rings is 2. The van der Waals surface area contributed by atoms with E-state index in [1.165, 1.54) is 43.4 Å². The van der Waals surface area contributed by atoms with Crippen LogP contribution in [-0.4, -0.2) is 0 Å². The van der Waals surface area contributed by atoms with Crippen molar-refractivity contribution in [1.29, 1.82) is 0 Å². The molecule has 2 heterocycles. The molecule has 0 fully saturated rings. The number of rotatable bonds is 8. The van der Waals surface area contributed by atoms with Crippen LogP contribution in [0.3, 0.4) is 0 Å². The van der Waals surface area contributed by atoms with Gasteiger partial charge in [-0.25, -0.2) is 0 Å². The fourth-order valence-corrected chi connectivity index (χ4v) is 11.1. The van der Waals surface area contributed by atoms with Gasteiger partial charge in [0.05, 0.1) is 11.4 Å². The van der Waals surface area contributed by atoms with Gasteiger partial charge in [-0.05, 0) is 118 Å². The largest absolute Gasteiger partial charge is 0.455 e. The second-order valence-corrected chi connectivity index (χ2v) is 18.5. The van der Waals surface area contributed by atoms with Gasteiger partial charge < -0.3 is 18.6 Å². The molecule has 0 saturated carbocycles. The third-order valence-electron chi connectivity index (χ3n) is 14.5. The standard InChI is InChI=1S/C66H44N2O2/c1-41-13-3-7-21-57(41)67(47-33-25-43(26-34-47)49-17-11-19-53-51-15-5-9-23-61(51)69-65(49)53)59-39-31-45-30-38-56-60(40-32-46-29-37-55(59)63(45)64(46)56)68(58-22-8-4-14-42(58)2)48-35-27-44(28-36-48)50-18-12-20-54-52-16-6-10-24-62(52)70-66(50)54/h3-40H,1-2H3. The first-order valence-electron chi connectivity index (χ1n) is 24.0. The molecular formula is C66H44N2O2. The lowest BCUT2D eigenvalue weighted by atomic mass is 9.91. The Morgan fingerprint density at radius 1 is 0.286 bits per heavy atom. The molecule has 0 atom stereocenters. The zero-order valence-electron chi connectivity index (χ0n) is 38.7.